The Balaban J connectivity index is 2.50. The van der Waals surface area contributed by atoms with Crippen molar-refractivity contribution >= 4 is 23.5 Å². The van der Waals surface area contributed by atoms with Crippen LogP contribution in [0.3, 0.4) is 0 Å². The number of carboxylic acid groups (broad SMARTS) is 1. The number of amides is 1. The average Bonchev–Trinajstić information content (AvgIpc) is 2.97. The lowest BCUT2D eigenvalue weighted by atomic mass is 10.2. The van der Waals surface area contributed by atoms with Gasteiger partial charge in [0, 0.05) is 12.0 Å². The third-order valence-corrected chi connectivity index (χ3v) is 3.93. The molecule has 0 atom stereocenters. The first-order valence-corrected chi connectivity index (χ1v) is 8.34. The van der Waals surface area contributed by atoms with Crippen molar-refractivity contribution in [3.63, 3.8) is 0 Å². The van der Waals surface area contributed by atoms with Crippen LogP contribution in [0.5, 0.6) is 0 Å². The molecule has 8 heteroatoms. The van der Waals surface area contributed by atoms with Crippen molar-refractivity contribution in [2.45, 2.75) is 39.7 Å². The van der Waals surface area contributed by atoms with E-state index in [1.54, 1.807) is 36.7 Å². The average molecular weight is 365 g/mol. The Hall–Kier alpha value is -2.41. The van der Waals surface area contributed by atoms with Crippen LogP contribution in [0.2, 0.25) is 5.02 Å². The highest BCUT2D eigenvalue weighted by molar-refractivity contribution is 6.32. The van der Waals surface area contributed by atoms with Gasteiger partial charge in [-0.25, -0.2) is 9.67 Å². The number of halogens is 1. The molecule has 0 spiro atoms. The van der Waals surface area contributed by atoms with Crippen LogP contribution in [0, 0.1) is 0 Å². The number of aliphatic carboxylic acids is 1. The van der Waals surface area contributed by atoms with E-state index in [9.17, 15) is 9.59 Å². The first-order chi connectivity index (χ1) is 11.7. The fourth-order valence-electron chi connectivity index (χ4n) is 2.35. The summed E-state index contributed by atoms with van der Waals surface area (Å²) in [6.07, 6.45) is 0. The molecular weight excluding hydrogens is 344 g/mol. The summed E-state index contributed by atoms with van der Waals surface area (Å²) in [4.78, 5) is 29.3. The van der Waals surface area contributed by atoms with Gasteiger partial charge in [-0.3, -0.25) is 9.59 Å². The second kappa shape index (κ2) is 7.65. The molecule has 0 fully saturated rings. The van der Waals surface area contributed by atoms with E-state index in [0.29, 0.717) is 16.5 Å². The standard InChI is InChI=1S/C17H21ClN4O3/c1-10(2)16-19-15(17(25)21(11(3)4)9-14(23)24)20-22(16)13-8-6-5-7-12(13)18/h5-8,10-11H,9H2,1-4H3,(H,23,24). The van der Waals surface area contributed by atoms with Gasteiger partial charge < -0.3 is 10.0 Å². The highest BCUT2D eigenvalue weighted by Crippen LogP contribution is 2.24. The molecule has 7 nitrogen and oxygen atoms in total. The maximum atomic E-state index is 12.7. The zero-order valence-electron chi connectivity index (χ0n) is 14.6. The molecule has 0 bridgehead atoms. The van der Waals surface area contributed by atoms with E-state index in [1.165, 1.54) is 4.90 Å². The Morgan fingerprint density at radius 1 is 1.24 bits per heavy atom. The number of carbonyl (C=O) groups excluding carboxylic acids is 1. The smallest absolute Gasteiger partial charge is 0.323 e. The lowest BCUT2D eigenvalue weighted by Gasteiger charge is -2.23. The number of aromatic nitrogens is 3. The molecule has 0 aliphatic heterocycles. The number of nitrogens with zero attached hydrogens (tertiary/aromatic N) is 4. The Labute approximate surface area is 151 Å². The second-order valence-electron chi connectivity index (χ2n) is 6.23. The van der Waals surface area contributed by atoms with Crippen molar-refractivity contribution < 1.29 is 14.7 Å². The van der Waals surface area contributed by atoms with Crippen LogP contribution in [0.1, 0.15) is 50.1 Å². The number of para-hydroxylation sites is 1. The molecule has 2 aromatic rings. The predicted octanol–water partition coefficient (Wildman–Crippen LogP) is 2.98. The van der Waals surface area contributed by atoms with Gasteiger partial charge in [0.2, 0.25) is 5.82 Å². The van der Waals surface area contributed by atoms with E-state index in [0.717, 1.165) is 0 Å². The lowest BCUT2D eigenvalue weighted by molar-refractivity contribution is -0.138. The van der Waals surface area contributed by atoms with E-state index in [2.05, 4.69) is 10.1 Å². The van der Waals surface area contributed by atoms with E-state index < -0.39 is 18.4 Å². The number of benzene rings is 1. The normalized spacial score (nSPS) is 11.2. The summed E-state index contributed by atoms with van der Waals surface area (Å²) >= 11 is 6.24. The van der Waals surface area contributed by atoms with E-state index in [-0.39, 0.29) is 17.8 Å². The van der Waals surface area contributed by atoms with Crippen molar-refractivity contribution in [2.24, 2.45) is 0 Å². The first-order valence-electron chi connectivity index (χ1n) is 7.97. The number of carboxylic acids is 1. The van der Waals surface area contributed by atoms with Crippen LogP contribution in [0.4, 0.5) is 0 Å². The number of hydrogen-bond acceptors (Lipinski definition) is 4. The highest BCUT2D eigenvalue weighted by atomic mass is 35.5. The van der Waals surface area contributed by atoms with Crippen molar-refractivity contribution in [3.8, 4) is 5.69 Å². The van der Waals surface area contributed by atoms with Crippen LogP contribution in [-0.2, 0) is 4.79 Å². The summed E-state index contributed by atoms with van der Waals surface area (Å²) in [5, 5.41) is 13.8. The number of hydrogen-bond donors (Lipinski definition) is 1. The molecule has 2 rings (SSSR count). The van der Waals surface area contributed by atoms with Crippen LogP contribution < -0.4 is 0 Å². The first kappa shape index (κ1) is 18.9. The lowest BCUT2D eigenvalue weighted by Crippen LogP contribution is -2.41. The van der Waals surface area contributed by atoms with Gasteiger partial charge in [-0.1, -0.05) is 37.6 Å². The summed E-state index contributed by atoms with van der Waals surface area (Å²) in [5.41, 5.74) is 0.619. The molecule has 0 unspecified atom stereocenters. The summed E-state index contributed by atoms with van der Waals surface area (Å²) < 4.78 is 1.54. The largest absolute Gasteiger partial charge is 0.480 e. The summed E-state index contributed by atoms with van der Waals surface area (Å²) in [7, 11) is 0. The molecule has 1 amide bonds. The van der Waals surface area contributed by atoms with E-state index in [1.807, 2.05) is 19.9 Å². The van der Waals surface area contributed by atoms with Gasteiger partial charge in [0.1, 0.15) is 12.4 Å². The minimum atomic E-state index is -1.09. The van der Waals surface area contributed by atoms with Gasteiger partial charge in [0.05, 0.1) is 10.7 Å². The van der Waals surface area contributed by atoms with Gasteiger partial charge >= 0.3 is 5.97 Å². The Morgan fingerprint density at radius 3 is 2.40 bits per heavy atom. The molecule has 1 aromatic carbocycles. The van der Waals surface area contributed by atoms with Gasteiger partial charge in [-0.2, -0.15) is 0 Å². The SMILES string of the molecule is CC(C)c1nc(C(=O)N(CC(=O)O)C(C)C)nn1-c1ccccc1Cl. The van der Waals surface area contributed by atoms with Crippen LogP contribution >= 0.6 is 11.6 Å². The fraction of sp³-hybridized carbons (Fsp3) is 0.412. The minimum absolute atomic E-state index is 0.00250. The maximum absolute atomic E-state index is 12.7. The maximum Gasteiger partial charge on any atom is 0.323 e. The molecule has 0 aliphatic carbocycles. The van der Waals surface area contributed by atoms with Crippen molar-refractivity contribution in [2.75, 3.05) is 6.54 Å². The highest BCUT2D eigenvalue weighted by Gasteiger charge is 2.27. The second-order valence-corrected chi connectivity index (χ2v) is 6.64. The Kier molecular flexibility index (Phi) is 5.79. The molecule has 0 aliphatic rings. The molecule has 0 radical (unpaired) electrons. The molecule has 0 saturated heterocycles. The molecule has 1 heterocycles. The molecule has 0 saturated carbocycles. The number of rotatable bonds is 6. The summed E-state index contributed by atoms with van der Waals surface area (Å²) in [6, 6.07) is 6.85. The topological polar surface area (TPSA) is 88.3 Å². The zero-order chi connectivity index (χ0) is 18.7. The predicted molar refractivity (Wildman–Crippen MR) is 94.3 cm³/mol. The molecule has 1 N–H and O–H groups in total. The van der Waals surface area contributed by atoms with Gasteiger partial charge in [0.15, 0.2) is 0 Å². The van der Waals surface area contributed by atoms with Crippen LogP contribution in [0.25, 0.3) is 5.69 Å². The van der Waals surface area contributed by atoms with Gasteiger partial charge in [-0.15, -0.1) is 5.10 Å². The van der Waals surface area contributed by atoms with Crippen molar-refractivity contribution in [1.29, 1.82) is 0 Å². The number of carbonyl (C=O) groups is 2. The third kappa shape index (κ3) is 4.17. The van der Waals surface area contributed by atoms with E-state index in [4.69, 9.17) is 16.7 Å². The summed E-state index contributed by atoms with van der Waals surface area (Å²) in [6.45, 7) is 6.95. The Bertz CT molecular complexity index is 786. The van der Waals surface area contributed by atoms with Crippen LogP contribution in [-0.4, -0.2) is 49.2 Å². The molecular formula is C17H21ClN4O3. The third-order valence-electron chi connectivity index (χ3n) is 3.61. The molecule has 134 valence electrons. The van der Waals surface area contributed by atoms with Crippen LogP contribution in [0.15, 0.2) is 24.3 Å². The quantitative estimate of drug-likeness (QED) is 0.851. The fourth-order valence-corrected chi connectivity index (χ4v) is 2.57. The van der Waals surface area contributed by atoms with Gasteiger partial charge in [0.25, 0.3) is 5.91 Å². The summed E-state index contributed by atoms with van der Waals surface area (Å²) in [5.74, 6) is -1.08. The monoisotopic (exact) mass is 364 g/mol. The molecule has 25 heavy (non-hydrogen) atoms. The Morgan fingerprint density at radius 2 is 1.88 bits per heavy atom. The zero-order valence-corrected chi connectivity index (χ0v) is 15.4. The molecule has 1 aromatic heterocycles. The van der Waals surface area contributed by atoms with Crippen molar-refractivity contribution in [1.82, 2.24) is 19.7 Å². The van der Waals surface area contributed by atoms with Gasteiger partial charge in [-0.05, 0) is 26.0 Å². The minimum Gasteiger partial charge on any atom is -0.480 e. The van der Waals surface area contributed by atoms with Crippen molar-refractivity contribution in [3.05, 3.63) is 40.9 Å². The van der Waals surface area contributed by atoms with E-state index >= 15 is 0 Å².